The minimum absolute atomic E-state index is 0.339. The van der Waals surface area contributed by atoms with Gasteiger partial charge in [0, 0.05) is 18.6 Å². The lowest BCUT2D eigenvalue weighted by atomic mass is 9.98. The largest absolute Gasteiger partial charge is 0.497 e. The van der Waals surface area contributed by atoms with E-state index in [0.29, 0.717) is 12.2 Å². The molecular weight excluding hydrogens is 360 g/mol. The molecule has 1 aliphatic rings. The molecule has 0 unspecified atom stereocenters. The van der Waals surface area contributed by atoms with Gasteiger partial charge in [0.2, 0.25) is 0 Å². The van der Waals surface area contributed by atoms with Crippen molar-refractivity contribution in [3.63, 3.8) is 0 Å². The highest BCUT2D eigenvalue weighted by molar-refractivity contribution is 6.04. The lowest BCUT2D eigenvalue weighted by molar-refractivity contribution is -0.132. The molecule has 0 aliphatic carbocycles. The summed E-state index contributed by atoms with van der Waals surface area (Å²) in [7, 11) is 3.18. The molecular formula is C21H20N2O5. The summed E-state index contributed by atoms with van der Waals surface area (Å²) in [6.45, 7) is 0. The number of carboxylic acid groups (broad SMARTS) is 1. The number of carbonyl (C=O) groups excluding carboxylic acids is 1. The number of carbonyl (C=O) groups is 2. The maximum Gasteiger partial charge on any atom is 0.328 e. The van der Waals surface area contributed by atoms with E-state index in [1.54, 1.807) is 14.2 Å². The van der Waals surface area contributed by atoms with Crippen LogP contribution in [0.15, 0.2) is 65.8 Å². The average Bonchev–Trinajstić information content (AvgIpc) is 3.17. The first-order valence-corrected chi connectivity index (χ1v) is 8.62. The van der Waals surface area contributed by atoms with Gasteiger partial charge in [0.1, 0.15) is 11.5 Å². The SMILES string of the molecule is COc1ccc(C2=NN(C(=O)/C=C/C(=O)O)[C@@H](c3ccc(OC)cc3)C2)cc1. The molecule has 0 radical (unpaired) electrons. The summed E-state index contributed by atoms with van der Waals surface area (Å²) in [5.41, 5.74) is 2.49. The van der Waals surface area contributed by atoms with Gasteiger partial charge in [-0.15, -0.1) is 0 Å². The van der Waals surface area contributed by atoms with Crippen LogP contribution in [-0.2, 0) is 9.59 Å². The molecule has 144 valence electrons. The minimum atomic E-state index is -1.19. The van der Waals surface area contributed by atoms with Crippen LogP contribution in [-0.4, -0.2) is 41.9 Å². The highest BCUT2D eigenvalue weighted by Crippen LogP contribution is 2.34. The number of aliphatic carboxylic acids is 1. The molecule has 2 aromatic carbocycles. The van der Waals surface area contributed by atoms with E-state index in [4.69, 9.17) is 14.6 Å². The Hall–Kier alpha value is -3.61. The summed E-state index contributed by atoms with van der Waals surface area (Å²) in [6.07, 6.45) is 2.33. The molecule has 7 heteroatoms. The van der Waals surface area contributed by atoms with Crippen molar-refractivity contribution >= 4 is 17.6 Å². The van der Waals surface area contributed by atoms with Crippen LogP contribution >= 0.6 is 0 Å². The molecule has 2 aromatic rings. The summed E-state index contributed by atoms with van der Waals surface area (Å²) >= 11 is 0. The van der Waals surface area contributed by atoms with Crippen molar-refractivity contribution in [1.82, 2.24) is 5.01 Å². The van der Waals surface area contributed by atoms with Crippen molar-refractivity contribution in [3.8, 4) is 11.5 Å². The van der Waals surface area contributed by atoms with E-state index in [1.165, 1.54) is 5.01 Å². The molecule has 0 spiro atoms. The van der Waals surface area contributed by atoms with E-state index in [2.05, 4.69) is 5.10 Å². The smallest absolute Gasteiger partial charge is 0.328 e. The van der Waals surface area contributed by atoms with Gasteiger partial charge in [0.15, 0.2) is 0 Å². The second-order valence-electron chi connectivity index (χ2n) is 6.12. The first kappa shape index (κ1) is 19.2. The number of benzene rings is 2. The Bertz CT molecular complexity index is 917. The van der Waals surface area contributed by atoms with Gasteiger partial charge in [-0.05, 0) is 47.5 Å². The zero-order valence-electron chi connectivity index (χ0n) is 15.5. The van der Waals surface area contributed by atoms with Crippen molar-refractivity contribution in [1.29, 1.82) is 0 Å². The highest BCUT2D eigenvalue weighted by atomic mass is 16.5. The van der Waals surface area contributed by atoms with Crippen molar-refractivity contribution < 1.29 is 24.2 Å². The molecule has 0 saturated heterocycles. The van der Waals surface area contributed by atoms with Gasteiger partial charge in [0.25, 0.3) is 5.91 Å². The fraction of sp³-hybridized carbons (Fsp3) is 0.190. The minimum Gasteiger partial charge on any atom is -0.497 e. The van der Waals surface area contributed by atoms with E-state index in [-0.39, 0.29) is 6.04 Å². The van der Waals surface area contributed by atoms with Crippen LogP contribution in [0.3, 0.4) is 0 Å². The lowest BCUT2D eigenvalue weighted by Crippen LogP contribution is -2.25. The fourth-order valence-corrected chi connectivity index (χ4v) is 2.98. The quantitative estimate of drug-likeness (QED) is 0.778. The second-order valence-corrected chi connectivity index (χ2v) is 6.12. The van der Waals surface area contributed by atoms with E-state index >= 15 is 0 Å². The molecule has 3 rings (SSSR count). The Kier molecular flexibility index (Phi) is 5.74. The molecule has 0 bridgehead atoms. The molecule has 0 fully saturated rings. The van der Waals surface area contributed by atoms with Crippen molar-refractivity contribution in [3.05, 3.63) is 71.8 Å². The van der Waals surface area contributed by atoms with E-state index in [9.17, 15) is 9.59 Å². The molecule has 1 aliphatic heterocycles. The summed E-state index contributed by atoms with van der Waals surface area (Å²) in [4.78, 5) is 23.3. The van der Waals surface area contributed by atoms with Gasteiger partial charge in [-0.3, -0.25) is 4.79 Å². The number of nitrogens with zero attached hydrogens (tertiary/aromatic N) is 2. The zero-order chi connectivity index (χ0) is 20.1. The van der Waals surface area contributed by atoms with Crippen LogP contribution in [0.25, 0.3) is 0 Å². The molecule has 28 heavy (non-hydrogen) atoms. The van der Waals surface area contributed by atoms with E-state index in [1.807, 2.05) is 48.5 Å². The zero-order valence-corrected chi connectivity index (χ0v) is 15.5. The van der Waals surface area contributed by atoms with Gasteiger partial charge in [-0.2, -0.15) is 5.10 Å². The van der Waals surface area contributed by atoms with Gasteiger partial charge in [-0.25, -0.2) is 9.80 Å². The van der Waals surface area contributed by atoms with Crippen LogP contribution in [0.1, 0.15) is 23.6 Å². The van der Waals surface area contributed by atoms with Crippen LogP contribution in [0.2, 0.25) is 0 Å². The number of rotatable bonds is 6. The number of carboxylic acids is 1. The monoisotopic (exact) mass is 380 g/mol. The Morgan fingerprint density at radius 1 is 1.00 bits per heavy atom. The van der Waals surface area contributed by atoms with Gasteiger partial charge >= 0.3 is 5.97 Å². The second kappa shape index (κ2) is 8.39. The third kappa shape index (κ3) is 4.20. The third-order valence-electron chi connectivity index (χ3n) is 4.43. The predicted molar refractivity (Wildman–Crippen MR) is 104 cm³/mol. The van der Waals surface area contributed by atoms with Crippen LogP contribution < -0.4 is 9.47 Å². The normalized spacial score (nSPS) is 16.1. The molecule has 1 atom stereocenters. The van der Waals surface area contributed by atoms with Gasteiger partial charge < -0.3 is 14.6 Å². The number of hydrazone groups is 1. The Morgan fingerprint density at radius 3 is 2.11 bits per heavy atom. The van der Waals surface area contributed by atoms with E-state index < -0.39 is 11.9 Å². The lowest BCUT2D eigenvalue weighted by Gasteiger charge is -2.20. The third-order valence-corrected chi connectivity index (χ3v) is 4.43. The van der Waals surface area contributed by atoms with Crippen molar-refractivity contribution in [2.45, 2.75) is 12.5 Å². The van der Waals surface area contributed by atoms with Gasteiger partial charge in [-0.1, -0.05) is 12.1 Å². The van der Waals surface area contributed by atoms with Crippen LogP contribution in [0.4, 0.5) is 0 Å². The summed E-state index contributed by atoms with van der Waals surface area (Å²) < 4.78 is 10.4. The number of hydrogen-bond acceptors (Lipinski definition) is 5. The van der Waals surface area contributed by atoms with Crippen LogP contribution in [0.5, 0.6) is 11.5 Å². The van der Waals surface area contributed by atoms with E-state index in [0.717, 1.165) is 34.7 Å². The Balaban J connectivity index is 1.92. The predicted octanol–water partition coefficient (Wildman–Crippen LogP) is 3.02. The molecule has 0 aromatic heterocycles. The highest BCUT2D eigenvalue weighted by Gasteiger charge is 2.32. The number of methoxy groups -OCH3 is 2. The molecule has 1 amide bonds. The summed E-state index contributed by atoms with van der Waals surface area (Å²) in [5.74, 6) is -0.243. The Labute approximate surface area is 162 Å². The van der Waals surface area contributed by atoms with Crippen LogP contribution in [0, 0.1) is 0 Å². The summed E-state index contributed by atoms with van der Waals surface area (Å²) in [6, 6.07) is 14.5. The number of hydrogen-bond donors (Lipinski definition) is 1. The first-order valence-electron chi connectivity index (χ1n) is 8.62. The first-order chi connectivity index (χ1) is 13.5. The average molecular weight is 380 g/mol. The van der Waals surface area contributed by atoms with Crippen molar-refractivity contribution in [2.75, 3.05) is 14.2 Å². The molecule has 0 saturated carbocycles. The topological polar surface area (TPSA) is 88.4 Å². The molecule has 7 nitrogen and oxygen atoms in total. The molecule has 1 N–H and O–H groups in total. The maximum absolute atomic E-state index is 12.6. The standard InChI is InChI=1S/C21H20N2O5/c1-27-16-7-3-14(4-8-16)18-13-19(15-5-9-17(28-2)10-6-15)23(22-18)20(24)11-12-21(25)26/h3-12,19H,13H2,1-2H3,(H,25,26)/b12-11+/t19-/m1/s1. The van der Waals surface area contributed by atoms with Crippen molar-refractivity contribution in [2.24, 2.45) is 5.10 Å². The number of ether oxygens (including phenoxy) is 2. The molecule has 1 heterocycles. The summed E-state index contributed by atoms with van der Waals surface area (Å²) in [5, 5.41) is 14.6. The maximum atomic E-state index is 12.6. The Morgan fingerprint density at radius 2 is 1.57 bits per heavy atom. The van der Waals surface area contributed by atoms with Gasteiger partial charge in [0.05, 0.1) is 26.0 Å². The fourth-order valence-electron chi connectivity index (χ4n) is 2.98. The number of amides is 1.